The van der Waals surface area contributed by atoms with Gasteiger partial charge in [-0.15, -0.1) is 0 Å². The fourth-order valence-electron chi connectivity index (χ4n) is 2.07. The number of nitrogens with one attached hydrogen (secondary N) is 1. The van der Waals surface area contributed by atoms with Crippen LogP contribution in [-0.4, -0.2) is 90.9 Å². The Hall–Kier alpha value is -1.71. The Balaban J connectivity index is 1.83. The Morgan fingerprint density at radius 3 is 1.71 bits per heavy atom. The number of carbonyl (C=O) groups excluding carboxylic acids is 1. The van der Waals surface area contributed by atoms with Gasteiger partial charge in [-0.25, -0.2) is 0 Å². The Morgan fingerprint density at radius 1 is 0.786 bits per heavy atom. The van der Waals surface area contributed by atoms with Crippen molar-refractivity contribution in [3.8, 4) is 5.75 Å². The van der Waals surface area contributed by atoms with Crippen LogP contribution in [0.3, 0.4) is 0 Å². The minimum Gasteiger partial charge on any atom is -0.491 e. The number of hydrogen-bond acceptors (Lipinski definition) is 7. The third-order valence-corrected chi connectivity index (χ3v) is 3.47. The molecule has 1 amide bonds. The van der Waals surface area contributed by atoms with E-state index in [4.69, 9.17) is 23.7 Å². The summed E-state index contributed by atoms with van der Waals surface area (Å²) in [4.78, 5) is 13.0. The first kappa shape index (κ1) is 24.3. The van der Waals surface area contributed by atoms with Gasteiger partial charge in [0.2, 0.25) is 5.91 Å². The molecule has 0 saturated heterocycles. The smallest absolute Gasteiger partial charge is 0.221 e. The van der Waals surface area contributed by atoms with Crippen LogP contribution in [0.15, 0.2) is 24.3 Å². The summed E-state index contributed by atoms with van der Waals surface area (Å²) < 4.78 is 27.3. The molecule has 1 N–H and O–H groups in total. The maximum Gasteiger partial charge on any atom is 0.221 e. The second kappa shape index (κ2) is 16.3. The predicted octanol–water partition coefficient (Wildman–Crippen LogP) is 1.65. The molecule has 8 heteroatoms. The number of anilines is 1. The van der Waals surface area contributed by atoms with Gasteiger partial charge >= 0.3 is 0 Å². The van der Waals surface area contributed by atoms with Crippen LogP contribution < -0.4 is 10.1 Å². The number of carbonyl (C=O) groups is 1. The van der Waals surface area contributed by atoms with Gasteiger partial charge in [-0.05, 0) is 38.4 Å². The van der Waals surface area contributed by atoms with Crippen LogP contribution in [0.25, 0.3) is 0 Å². The van der Waals surface area contributed by atoms with E-state index in [9.17, 15) is 4.79 Å². The highest BCUT2D eigenvalue weighted by atomic mass is 16.6. The van der Waals surface area contributed by atoms with Crippen LogP contribution in [-0.2, 0) is 23.7 Å². The van der Waals surface area contributed by atoms with Crippen molar-refractivity contribution in [2.75, 3.05) is 85.4 Å². The van der Waals surface area contributed by atoms with Crippen molar-refractivity contribution in [2.45, 2.75) is 6.92 Å². The molecule has 0 heterocycles. The number of rotatable bonds is 17. The molecule has 0 fully saturated rings. The predicted molar refractivity (Wildman–Crippen MR) is 108 cm³/mol. The van der Waals surface area contributed by atoms with Gasteiger partial charge in [-0.3, -0.25) is 4.79 Å². The van der Waals surface area contributed by atoms with E-state index >= 15 is 0 Å². The molecule has 160 valence electrons. The Morgan fingerprint density at radius 2 is 1.25 bits per heavy atom. The van der Waals surface area contributed by atoms with E-state index < -0.39 is 0 Å². The van der Waals surface area contributed by atoms with Crippen molar-refractivity contribution in [3.63, 3.8) is 0 Å². The van der Waals surface area contributed by atoms with E-state index in [0.717, 1.165) is 24.6 Å². The van der Waals surface area contributed by atoms with Crippen LogP contribution in [0.4, 0.5) is 5.69 Å². The van der Waals surface area contributed by atoms with Gasteiger partial charge in [0.1, 0.15) is 12.4 Å². The summed E-state index contributed by atoms with van der Waals surface area (Å²) in [5.41, 5.74) is 0.745. The van der Waals surface area contributed by atoms with E-state index in [2.05, 4.69) is 10.2 Å². The Labute approximate surface area is 168 Å². The van der Waals surface area contributed by atoms with Crippen LogP contribution >= 0.6 is 0 Å². The summed E-state index contributed by atoms with van der Waals surface area (Å²) in [6, 6.07) is 7.20. The number of likely N-dealkylation sites (N-methyl/N-ethyl adjacent to an activating group) is 1. The molecule has 0 aliphatic heterocycles. The van der Waals surface area contributed by atoms with E-state index in [1.54, 1.807) is 12.1 Å². The van der Waals surface area contributed by atoms with E-state index in [1.807, 2.05) is 26.2 Å². The number of nitrogens with zero attached hydrogens (tertiary/aromatic N) is 1. The van der Waals surface area contributed by atoms with Gasteiger partial charge in [0.25, 0.3) is 0 Å². The zero-order valence-electron chi connectivity index (χ0n) is 17.3. The molecule has 0 bridgehead atoms. The van der Waals surface area contributed by atoms with Gasteiger partial charge in [0, 0.05) is 19.2 Å². The van der Waals surface area contributed by atoms with Gasteiger partial charge in [0.15, 0.2) is 0 Å². The van der Waals surface area contributed by atoms with Crippen molar-refractivity contribution in [3.05, 3.63) is 24.3 Å². The molecule has 1 rings (SSSR count). The van der Waals surface area contributed by atoms with Crippen molar-refractivity contribution < 1.29 is 28.5 Å². The molecule has 1 aromatic rings. The van der Waals surface area contributed by atoms with Gasteiger partial charge < -0.3 is 33.9 Å². The average Bonchev–Trinajstić information content (AvgIpc) is 2.65. The van der Waals surface area contributed by atoms with Crippen molar-refractivity contribution >= 4 is 11.6 Å². The number of hydrogen-bond donors (Lipinski definition) is 1. The Kier molecular flexibility index (Phi) is 14.1. The summed E-state index contributed by atoms with van der Waals surface area (Å²) in [7, 11) is 4.03. The lowest BCUT2D eigenvalue weighted by Crippen LogP contribution is -2.19. The topological polar surface area (TPSA) is 78.5 Å². The lowest BCUT2D eigenvalue weighted by Gasteiger charge is -2.10. The highest BCUT2D eigenvalue weighted by molar-refractivity contribution is 5.88. The molecule has 28 heavy (non-hydrogen) atoms. The van der Waals surface area contributed by atoms with Crippen molar-refractivity contribution in [2.24, 2.45) is 0 Å². The second-order valence-electron chi connectivity index (χ2n) is 6.31. The van der Waals surface area contributed by atoms with Gasteiger partial charge in [-0.2, -0.15) is 0 Å². The molecular weight excluding hydrogens is 364 g/mol. The minimum absolute atomic E-state index is 0.0968. The van der Waals surface area contributed by atoms with Crippen LogP contribution in [0.1, 0.15) is 6.92 Å². The number of amides is 1. The first-order valence-corrected chi connectivity index (χ1v) is 9.54. The first-order valence-electron chi connectivity index (χ1n) is 9.54. The Bertz CT molecular complexity index is 510. The highest BCUT2D eigenvalue weighted by Crippen LogP contribution is 2.15. The lowest BCUT2D eigenvalue weighted by atomic mass is 10.3. The minimum atomic E-state index is -0.0968. The molecule has 0 unspecified atom stereocenters. The molecule has 0 aliphatic carbocycles. The zero-order valence-corrected chi connectivity index (χ0v) is 17.3. The van der Waals surface area contributed by atoms with E-state index in [1.165, 1.54) is 6.92 Å². The maximum atomic E-state index is 11.0. The first-order chi connectivity index (χ1) is 13.6. The van der Waals surface area contributed by atoms with Gasteiger partial charge in [0.05, 0.1) is 52.9 Å². The molecule has 1 aromatic carbocycles. The summed E-state index contributed by atoms with van der Waals surface area (Å²) in [5, 5.41) is 2.71. The standard InChI is InChI=1S/C20H34N2O6/c1-18(23)21-19-4-6-20(7-5-19)28-17-16-27-15-14-26-13-12-25-11-10-24-9-8-22(2)3/h4-7H,8-17H2,1-3H3,(H,21,23). The monoisotopic (exact) mass is 398 g/mol. The fraction of sp³-hybridized carbons (Fsp3) is 0.650. The SMILES string of the molecule is CC(=O)Nc1ccc(OCCOCCOCCOCCOCCN(C)C)cc1. The summed E-state index contributed by atoms with van der Waals surface area (Å²) in [6.45, 7) is 7.36. The van der Waals surface area contributed by atoms with Crippen LogP contribution in [0.5, 0.6) is 5.75 Å². The van der Waals surface area contributed by atoms with E-state index in [-0.39, 0.29) is 5.91 Å². The lowest BCUT2D eigenvalue weighted by molar-refractivity contribution is -0.114. The number of ether oxygens (including phenoxy) is 5. The average molecular weight is 399 g/mol. The largest absolute Gasteiger partial charge is 0.491 e. The zero-order chi connectivity index (χ0) is 20.5. The molecule has 0 aliphatic rings. The summed E-state index contributed by atoms with van der Waals surface area (Å²) in [6.07, 6.45) is 0. The third kappa shape index (κ3) is 14.4. The molecule has 0 saturated carbocycles. The fourth-order valence-corrected chi connectivity index (χ4v) is 2.07. The molecule has 8 nitrogen and oxygen atoms in total. The summed E-state index contributed by atoms with van der Waals surface area (Å²) in [5.74, 6) is 0.636. The maximum absolute atomic E-state index is 11.0. The van der Waals surface area contributed by atoms with Crippen molar-refractivity contribution in [1.29, 1.82) is 0 Å². The van der Waals surface area contributed by atoms with E-state index in [0.29, 0.717) is 52.9 Å². The highest BCUT2D eigenvalue weighted by Gasteiger charge is 1.98. The quantitative estimate of drug-likeness (QED) is 0.400. The van der Waals surface area contributed by atoms with Crippen LogP contribution in [0, 0.1) is 0 Å². The van der Waals surface area contributed by atoms with Gasteiger partial charge in [-0.1, -0.05) is 0 Å². The molecule has 0 radical (unpaired) electrons. The molecule has 0 atom stereocenters. The van der Waals surface area contributed by atoms with Crippen LogP contribution in [0.2, 0.25) is 0 Å². The molecule has 0 spiro atoms. The van der Waals surface area contributed by atoms with Crippen molar-refractivity contribution in [1.82, 2.24) is 4.90 Å². The normalized spacial score (nSPS) is 11.0. The molecule has 0 aromatic heterocycles. The third-order valence-electron chi connectivity index (χ3n) is 3.47. The summed E-state index contributed by atoms with van der Waals surface area (Å²) >= 11 is 0. The second-order valence-corrected chi connectivity index (χ2v) is 6.31. The number of benzene rings is 1. The molecular formula is C20H34N2O6.